The number of carboxylic acids is 1. The maximum absolute atomic E-state index is 12.0. The Labute approximate surface area is 109 Å². The molecule has 0 saturated carbocycles. The summed E-state index contributed by atoms with van der Waals surface area (Å²) in [6.45, 7) is -0.0306. The van der Waals surface area contributed by atoms with E-state index in [4.69, 9.17) is 5.11 Å². The van der Waals surface area contributed by atoms with Gasteiger partial charge in [-0.15, -0.1) is 0 Å². The second kappa shape index (κ2) is 7.05. The van der Waals surface area contributed by atoms with Crippen molar-refractivity contribution in [1.29, 1.82) is 0 Å². The monoisotopic (exact) mass is 264 g/mol. The largest absolute Gasteiger partial charge is 0.481 e. The first-order valence-corrected chi connectivity index (χ1v) is 5.51. The van der Waals surface area contributed by atoms with Gasteiger partial charge in [-0.1, -0.05) is 30.3 Å². The first kappa shape index (κ1) is 14.6. The van der Waals surface area contributed by atoms with Gasteiger partial charge in [0.05, 0.1) is 0 Å². The smallest absolute Gasteiger partial charge is 0.314 e. The number of hydrogen-bond acceptors (Lipinski definition) is 5. The lowest BCUT2D eigenvalue weighted by Gasteiger charge is -2.10. The molecule has 0 aliphatic heterocycles. The van der Waals surface area contributed by atoms with Gasteiger partial charge in [-0.3, -0.25) is 19.2 Å². The molecule has 1 aromatic carbocycles. The van der Waals surface area contributed by atoms with E-state index >= 15 is 0 Å². The first-order chi connectivity index (χ1) is 9.06. The van der Waals surface area contributed by atoms with Gasteiger partial charge in [-0.05, 0) is 6.42 Å². The predicted octanol–water partition coefficient (Wildman–Crippen LogP) is 1.05. The summed E-state index contributed by atoms with van der Waals surface area (Å²) in [5.41, 5.74) is 0.263. The maximum Gasteiger partial charge on any atom is 0.314 e. The van der Waals surface area contributed by atoms with Crippen molar-refractivity contribution in [2.24, 2.45) is 5.92 Å². The fourth-order valence-corrected chi connectivity index (χ4v) is 1.55. The average Bonchev–Trinajstić information content (AvgIpc) is 2.39. The van der Waals surface area contributed by atoms with Gasteiger partial charge in [0.1, 0.15) is 5.92 Å². The van der Waals surface area contributed by atoms with Crippen molar-refractivity contribution in [3.8, 4) is 0 Å². The summed E-state index contributed by atoms with van der Waals surface area (Å²) in [4.78, 5) is 43.9. The molecule has 0 amide bonds. The maximum atomic E-state index is 12.0. The van der Waals surface area contributed by atoms with Crippen molar-refractivity contribution in [3.05, 3.63) is 35.9 Å². The number of ketones is 1. The number of carbonyl (C=O) groups excluding carboxylic acids is 3. The van der Waals surface area contributed by atoms with Crippen molar-refractivity contribution in [1.82, 2.24) is 0 Å². The fraction of sp³-hybridized carbons (Fsp3) is 0.231. The first-order valence-electron chi connectivity index (χ1n) is 5.51. The van der Waals surface area contributed by atoms with E-state index in [1.807, 2.05) is 0 Å². The highest BCUT2D eigenvalue weighted by molar-refractivity contribution is 6.08. The van der Waals surface area contributed by atoms with Crippen LogP contribution in [0, 0.1) is 5.92 Å². The predicted molar refractivity (Wildman–Crippen MR) is 63.3 cm³/mol. The van der Waals surface area contributed by atoms with Crippen molar-refractivity contribution < 1.29 is 29.0 Å². The zero-order chi connectivity index (χ0) is 14.3. The molecule has 1 N–H and O–H groups in total. The Bertz CT molecular complexity index is 479. The molecule has 1 aromatic rings. The third kappa shape index (κ3) is 4.34. The second-order valence-electron chi connectivity index (χ2n) is 3.75. The van der Waals surface area contributed by atoms with Gasteiger partial charge in [0.2, 0.25) is 0 Å². The van der Waals surface area contributed by atoms with Gasteiger partial charge in [-0.25, -0.2) is 0 Å². The van der Waals surface area contributed by atoms with Crippen LogP contribution in [0.4, 0.5) is 0 Å². The Morgan fingerprint density at radius 1 is 1.21 bits per heavy atom. The van der Waals surface area contributed by atoms with Gasteiger partial charge in [0, 0.05) is 12.0 Å². The number of carboxylic acid groups (broad SMARTS) is 1. The van der Waals surface area contributed by atoms with Crippen LogP contribution in [0.1, 0.15) is 23.2 Å². The number of Topliss-reactive ketones (excluding diaryl/α,β-unsaturated/α-hetero) is 1. The van der Waals surface area contributed by atoms with E-state index in [1.54, 1.807) is 18.2 Å². The minimum atomic E-state index is -1.33. The van der Waals surface area contributed by atoms with Crippen LogP contribution in [0.5, 0.6) is 0 Å². The van der Waals surface area contributed by atoms with Crippen LogP contribution in [0.3, 0.4) is 0 Å². The number of benzene rings is 1. The SMILES string of the molecule is O=COC(=O)CCC(C(=O)O)C(=O)c1ccccc1. The molecule has 0 saturated heterocycles. The molecule has 0 radical (unpaired) electrons. The van der Waals surface area contributed by atoms with Crippen LogP contribution in [0.25, 0.3) is 0 Å². The molecular formula is C13H12O6. The molecule has 1 unspecified atom stereocenters. The van der Waals surface area contributed by atoms with Gasteiger partial charge < -0.3 is 9.84 Å². The number of ether oxygens (including phenoxy) is 1. The molecule has 0 heterocycles. The molecule has 0 fully saturated rings. The topological polar surface area (TPSA) is 97.7 Å². The molecule has 0 aromatic heterocycles. The quantitative estimate of drug-likeness (QED) is 0.342. The standard InChI is InChI=1S/C13H12O6/c14-8-19-11(15)7-6-10(13(17)18)12(16)9-4-2-1-3-5-9/h1-5,8,10H,6-7H2,(H,17,18). The summed E-state index contributed by atoms with van der Waals surface area (Å²) in [6, 6.07) is 7.94. The van der Waals surface area contributed by atoms with Gasteiger partial charge in [0.25, 0.3) is 0 Å². The third-order valence-corrected chi connectivity index (χ3v) is 2.49. The van der Waals surface area contributed by atoms with Crippen LogP contribution in [-0.2, 0) is 19.1 Å². The van der Waals surface area contributed by atoms with E-state index in [-0.39, 0.29) is 24.9 Å². The Morgan fingerprint density at radius 3 is 2.37 bits per heavy atom. The molecular weight excluding hydrogens is 252 g/mol. The van der Waals surface area contributed by atoms with E-state index in [2.05, 4.69) is 4.74 Å². The molecule has 100 valence electrons. The third-order valence-electron chi connectivity index (χ3n) is 2.49. The molecule has 6 heteroatoms. The van der Waals surface area contributed by atoms with E-state index in [0.717, 1.165) is 0 Å². The van der Waals surface area contributed by atoms with Crippen LogP contribution in [0.15, 0.2) is 30.3 Å². The van der Waals surface area contributed by atoms with Crippen LogP contribution >= 0.6 is 0 Å². The average molecular weight is 264 g/mol. The van der Waals surface area contributed by atoms with Crippen LogP contribution in [0.2, 0.25) is 0 Å². The number of rotatable bonds is 7. The Balaban J connectivity index is 2.73. The lowest BCUT2D eigenvalue weighted by Crippen LogP contribution is -2.25. The van der Waals surface area contributed by atoms with Crippen molar-refractivity contribution >= 4 is 24.2 Å². The van der Waals surface area contributed by atoms with Gasteiger partial charge >= 0.3 is 18.4 Å². The zero-order valence-electron chi connectivity index (χ0n) is 9.94. The molecule has 1 atom stereocenters. The highest BCUT2D eigenvalue weighted by Crippen LogP contribution is 2.15. The molecule has 0 bridgehead atoms. The molecule has 1 rings (SSSR count). The summed E-state index contributed by atoms with van der Waals surface area (Å²) in [7, 11) is 0. The van der Waals surface area contributed by atoms with Crippen molar-refractivity contribution in [2.45, 2.75) is 12.8 Å². The zero-order valence-corrected chi connectivity index (χ0v) is 9.94. The number of esters is 1. The second-order valence-corrected chi connectivity index (χ2v) is 3.75. The molecule has 0 spiro atoms. The summed E-state index contributed by atoms with van der Waals surface area (Å²) in [5.74, 6) is -4.08. The highest BCUT2D eigenvalue weighted by atomic mass is 16.6. The van der Waals surface area contributed by atoms with E-state index in [9.17, 15) is 19.2 Å². The minimum absolute atomic E-state index is 0.0306. The Kier molecular flexibility index (Phi) is 5.40. The number of hydrogen-bond donors (Lipinski definition) is 1. The lowest BCUT2D eigenvalue weighted by molar-refractivity contribution is -0.151. The summed E-state index contributed by atoms with van der Waals surface area (Å²) in [5, 5.41) is 9.01. The summed E-state index contributed by atoms with van der Waals surface area (Å²) < 4.78 is 4.03. The van der Waals surface area contributed by atoms with Gasteiger partial charge in [-0.2, -0.15) is 0 Å². The van der Waals surface area contributed by atoms with Crippen LogP contribution in [-0.4, -0.2) is 29.3 Å². The van der Waals surface area contributed by atoms with E-state index in [1.165, 1.54) is 12.1 Å². The lowest BCUT2D eigenvalue weighted by atomic mass is 9.93. The van der Waals surface area contributed by atoms with Crippen molar-refractivity contribution in [2.75, 3.05) is 0 Å². The Hall–Kier alpha value is -2.50. The number of aliphatic carboxylic acids is 1. The number of carbonyl (C=O) groups is 4. The fourth-order valence-electron chi connectivity index (χ4n) is 1.55. The van der Waals surface area contributed by atoms with Crippen molar-refractivity contribution in [3.63, 3.8) is 0 Å². The molecule has 0 aliphatic rings. The minimum Gasteiger partial charge on any atom is -0.481 e. The van der Waals surface area contributed by atoms with E-state index in [0.29, 0.717) is 0 Å². The van der Waals surface area contributed by atoms with Gasteiger partial charge in [0.15, 0.2) is 5.78 Å². The normalized spacial score (nSPS) is 11.4. The summed E-state index contributed by atoms with van der Waals surface area (Å²) in [6.07, 6.45) is -0.524. The Morgan fingerprint density at radius 2 is 1.84 bits per heavy atom. The summed E-state index contributed by atoms with van der Waals surface area (Å²) >= 11 is 0. The molecule has 19 heavy (non-hydrogen) atoms. The molecule has 0 aliphatic carbocycles. The highest BCUT2D eigenvalue weighted by Gasteiger charge is 2.27. The van der Waals surface area contributed by atoms with E-state index < -0.39 is 23.6 Å². The molecule has 6 nitrogen and oxygen atoms in total. The van der Waals surface area contributed by atoms with Crippen LogP contribution < -0.4 is 0 Å².